The van der Waals surface area contributed by atoms with E-state index in [0.717, 1.165) is 49.5 Å². The van der Waals surface area contributed by atoms with Gasteiger partial charge in [-0.1, -0.05) is 42.4 Å². The van der Waals surface area contributed by atoms with Crippen molar-refractivity contribution >= 4 is 65.8 Å². The fraction of sp³-hybridized carbons (Fsp3) is 0.571. The van der Waals surface area contributed by atoms with E-state index in [4.69, 9.17) is 4.99 Å². The molecule has 1 aliphatic carbocycles. The zero-order valence-electron chi connectivity index (χ0n) is 16.7. The van der Waals surface area contributed by atoms with Gasteiger partial charge in [0.2, 0.25) is 0 Å². The molecule has 0 spiro atoms. The van der Waals surface area contributed by atoms with Gasteiger partial charge >= 0.3 is 0 Å². The molecule has 4 rings (SSSR count). The lowest BCUT2D eigenvalue weighted by Gasteiger charge is -2.16. The van der Waals surface area contributed by atoms with Gasteiger partial charge < -0.3 is 10.3 Å². The second kappa shape index (κ2) is 9.18. The molecule has 0 radical (unpaired) electrons. The minimum atomic E-state index is -3.07. The van der Waals surface area contributed by atoms with E-state index in [1.807, 2.05) is 23.9 Å². The minimum absolute atomic E-state index is 0.0900. The summed E-state index contributed by atoms with van der Waals surface area (Å²) in [5.41, 5.74) is 3.99. The first-order chi connectivity index (χ1) is 14.0. The highest BCUT2D eigenvalue weighted by atomic mass is 127. The smallest absolute Gasteiger partial charge is 0.154 e. The van der Waals surface area contributed by atoms with Gasteiger partial charge in [0.05, 0.1) is 28.7 Å². The van der Waals surface area contributed by atoms with Crippen LogP contribution in [-0.4, -0.2) is 46.5 Å². The highest BCUT2D eigenvalue weighted by Crippen LogP contribution is 2.33. The Balaban J connectivity index is 1.71. The molecule has 2 N–H and O–H groups in total. The van der Waals surface area contributed by atoms with Crippen LogP contribution in [0.5, 0.6) is 0 Å². The Morgan fingerprint density at radius 2 is 2.07 bits per heavy atom. The Bertz CT molecular complexity index is 1010. The number of H-pyrrole nitrogens is 1. The molecule has 1 fully saturated rings. The van der Waals surface area contributed by atoms with Crippen molar-refractivity contribution in [2.24, 2.45) is 4.99 Å². The average Bonchev–Trinajstić information content (AvgIpc) is 3.42. The number of hydrogen-bond donors (Lipinski definition) is 2. The van der Waals surface area contributed by atoms with E-state index in [9.17, 15) is 8.42 Å². The Morgan fingerprint density at radius 3 is 2.79 bits per heavy atom. The first kappa shape index (κ1) is 21.5. The third-order valence-corrected chi connectivity index (χ3v) is 9.14. The van der Waals surface area contributed by atoms with Crippen LogP contribution in [0.1, 0.15) is 50.3 Å². The molecule has 2 heterocycles. The van der Waals surface area contributed by atoms with Gasteiger partial charge in [-0.3, -0.25) is 4.99 Å². The standard InChI is InChI=1S/C21H28IN3O2S2/c1-2-29(26,27)13-14-9-15-11-19(21-24-17(7-8-22)12-28-21)25-20(15)18(10-14)23-16-5-3-4-6-16/h9-11,16-17,23,25H,2-8,12-13H2,1H3. The lowest BCUT2D eigenvalue weighted by molar-refractivity contribution is 0.596. The number of benzene rings is 1. The van der Waals surface area contributed by atoms with E-state index in [0.29, 0.717) is 12.1 Å². The molecule has 158 valence electrons. The van der Waals surface area contributed by atoms with Crippen LogP contribution in [0.4, 0.5) is 5.69 Å². The predicted octanol–water partition coefficient (Wildman–Crippen LogP) is 5.14. The molecule has 1 unspecified atom stereocenters. The third kappa shape index (κ3) is 5.12. The van der Waals surface area contributed by atoms with Crippen molar-refractivity contribution in [1.29, 1.82) is 0 Å². The quantitative estimate of drug-likeness (QED) is 0.356. The van der Waals surface area contributed by atoms with Crippen molar-refractivity contribution < 1.29 is 8.42 Å². The Kier molecular flexibility index (Phi) is 6.80. The van der Waals surface area contributed by atoms with Crippen LogP contribution >= 0.6 is 34.4 Å². The van der Waals surface area contributed by atoms with Crippen LogP contribution in [0.2, 0.25) is 0 Å². The maximum atomic E-state index is 12.2. The molecule has 0 saturated heterocycles. The number of aromatic nitrogens is 1. The van der Waals surface area contributed by atoms with Gasteiger partial charge in [0.25, 0.3) is 0 Å². The van der Waals surface area contributed by atoms with Gasteiger partial charge in [-0.2, -0.15) is 0 Å². The van der Waals surface area contributed by atoms with Gasteiger partial charge in [0.15, 0.2) is 9.84 Å². The molecular weight excluding hydrogens is 517 g/mol. The molecule has 1 aromatic carbocycles. The van der Waals surface area contributed by atoms with Crippen molar-refractivity contribution in [3.63, 3.8) is 0 Å². The lowest BCUT2D eigenvalue weighted by Crippen LogP contribution is -2.15. The van der Waals surface area contributed by atoms with Gasteiger partial charge in [0, 0.05) is 27.4 Å². The van der Waals surface area contributed by atoms with E-state index in [1.54, 1.807) is 6.92 Å². The number of anilines is 1. The SMILES string of the molecule is CCS(=O)(=O)Cc1cc(NC2CCCC2)c2[nH]c(C3=NC(CCI)CS3)cc2c1. The van der Waals surface area contributed by atoms with Gasteiger partial charge in [-0.15, -0.1) is 11.8 Å². The number of halogens is 1. The summed E-state index contributed by atoms with van der Waals surface area (Å²) in [6, 6.07) is 7.05. The number of fused-ring (bicyclic) bond motifs is 1. The van der Waals surface area contributed by atoms with Crippen molar-refractivity contribution in [2.45, 2.75) is 56.9 Å². The summed E-state index contributed by atoms with van der Waals surface area (Å²) >= 11 is 4.23. The first-order valence-corrected chi connectivity index (χ1v) is 14.7. The van der Waals surface area contributed by atoms with Crippen molar-refractivity contribution in [1.82, 2.24) is 4.98 Å². The molecule has 1 saturated carbocycles. The first-order valence-electron chi connectivity index (χ1n) is 10.4. The molecule has 8 heteroatoms. The zero-order valence-corrected chi connectivity index (χ0v) is 20.5. The second-order valence-electron chi connectivity index (χ2n) is 7.97. The topological polar surface area (TPSA) is 74.3 Å². The maximum absolute atomic E-state index is 12.2. The van der Waals surface area contributed by atoms with Crippen molar-refractivity contribution in [3.05, 3.63) is 29.5 Å². The summed E-state index contributed by atoms with van der Waals surface area (Å²) in [5, 5.41) is 5.82. The van der Waals surface area contributed by atoms with E-state index in [2.05, 4.69) is 39.0 Å². The highest BCUT2D eigenvalue weighted by Gasteiger charge is 2.22. The minimum Gasteiger partial charge on any atom is -0.381 e. The summed E-state index contributed by atoms with van der Waals surface area (Å²) in [6.07, 6.45) is 5.98. The number of aliphatic imine (C=N–C) groups is 1. The van der Waals surface area contributed by atoms with E-state index in [1.165, 1.54) is 25.7 Å². The number of aromatic amines is 1. The molecule has 1 atom stereocenters. The Morgan fingerprint density at radius 1 is 1.28 bits per heavy atom. The number of nitrogens with zero attached hydrogens (tertiary/aromatic N) is 1. The number of sulfone groups is 1. The summed E-state index contributed by atoms with van der Waals surface area (Å²) in [4.78, 5) is 8.48. The van der Waals surface area contributed by atoms with Crippen LogP contribution in [-0.2, 0) is 15.6 Å². The predicted molar refractivity (Wildman–Crippen MR) is 134 cm³/mol. The molecule has 0 amide bonds. The molecule has 2 aliphatic rings. The van der Waals surface area contributed by atoms with Gasteiger partial charge in [0.1, 0.15) is 5.04 Å². The molecule has 29 heavy (non-hydrogen) atoms. The van der Waals surface area contributed by atoms with Crippen molar-refractivity contribution in [2.75, 3.05) is 21.3 Å². The number of hydrogen-bond acceptors (Lipinski definition) is 5. The summed E-state index contributed by atoms with van der Waals surface area (Å²) in [5.74, 6) is 1.30. The largest absolute Gasteiger partial charge is 0.381 e. The average molecular weight is 546 g/mol. The van der Waals surface area contributed by atoms with Gasteiger partial charge in [-0.25, -0.2) is 8.42 Å². The fourth-order valence-corrected chi connectivity index (χ4v) is 6.78. The summed E-state index contributed by atoms with van der Waals surface area (Å²) < 4.78 is 25.6. The zero-order chi connectivity index (χ0) is 20.4. The maximum Gasteiger partial charge on any atom is 0.154 e. The molecule has 1 aromatic heterocycles. The highest BCUT2D eigenvalue weighted by molar-refractivity contribution is 14.1. The van der Waals surface area contributed by atoms with E-state index >= 15 is 0 Å². The van der Waals surface area contributed by atoms with E-state index in [-0.39, 0.29) is 11.5 Å². The van der Waals surface area contributed by atoms with Crippen LogP contribution in [0.25, 0.3) is 10.9 Å². The molecule has 0 bridgehead atoms. The molecular formula is C21H28IN3O2S2. The van der Waals surface area contributed by atoms with E-state index < -0.39 is 9.84 Å². The normalized spacial score (nSPS) is 20.5. The number of rotatable bonds is 8. The van der Waals surface area contributed by atoms with Crippen LogP contribution in [0.15, 0.2) is 23.2 Å². The number of nitrogens with one attached hydrogen (secondary N) is 2. The third-order valence-electron chi connectivity index (χ3n) is 5.71. The van der Waals surface area contributed by atoms with Gasteiger partial charge in [-0.05, 0) is 43.0 Å². The Labute approximate surface area is 191 Å². The van der Waals surface area contributed by atoms with Crippen LogP contribution < -0.4 is 5.32 Å². The Hall–Kier alpha value is -0.740. The fourth-order valence-electron chi connectivity index (χ4n) is 4.10. The van der Waals surface area contributed by atoms with Crippen LogP contribution in [0, 0.1) is 0 Å². The van der Waals surface area contributed by atoms with Crippen LogP contribution in [0.3, 0.4) is 0 Å². The summed E-state index contributed by atoms with van der Waals surface area (Å²) in [7, 11) is -3.07. The molecule has 1 aliphatic heterocycles. The lowest BCUT2D eigenvalue weighted by atomic mass is 10.1. The second-order valence-corrected chi connectivity index (χ2v) is 12.4. The number of alkyl halides is 1. The number of thioether (sulfide) groups is 1. The van der Waals surface area contributed by atoms with Crippen molar-refractivity contribution in [3.8, 4) is 0 Å². The molecule has 2 aromatic rings. The summed E-state index contributed by atoms with van der Waals surface area (Å²) in [6.45, 7) is 1.71. The molecule has 5 nitrogen and oxygen atoms in total. The monoisotopic (exact) mass is 545 g/mol.